The molecule has 4 nitrogen and oxygen atoms in total. The van der Waals surface area contributed by atoms with Crippen molar-refractivity contribution in [1.29, 1.82) is 0 Å². The summed E-state index contributed by atoms with van der Waals surface area (Å²) in [7, 11) is 0. The van der Waals surface area contributed by atoms with Crippen LogP contribution in [0.1, 0.15) is 36.5 Å². The van der Waals surface area contributed by atoms with Gasteiger partial charge in [-0.2, -0.15) is 0 Å². The number of halogens is 2. The van der Waals surface area contributed by atoms with E-state index in [1.807, 2.05) is 25.1 Å². The zero-order valence-electron chi connectivity index (χ0n) is 18.5. The number of rotatable bonds is 7. The summed E-state index contributed by atoms with van der Waals surface area (Å²) in [4.78, 5) is 28.2. The average Bonchev–Trinajstić information content (AvgIpc) is 3.05. The van der Waals surface area contributed by atoms with Crippen LogP contribution in [0.15, 0.2) is 72.4 Å². The minimum absolute atomic E-state index is 0.132. The van der Waals surface area contributed by atoms with Gasteiger partial charge in [0.1, 0.15) is 11.5 Å². The molecule has 33 heavy (non-hydrogen) atoms. The second-order valence-corrected chi connectivity index (χ2v) is 8.49. The summed E-state index contributed by atoms with van der Waals surface area (Å²) in [5, 5.41) is 3.62. The van der Waals surface area contributed by atoms with Crippen LogP contribution in [0.4, 0.5) is 15.8 Å². The monoisotopic (exact) mass is 462 g/mol. The molecule has 1 N–H and O–H groups in total. The fourth-order valence-corrected chi connectivity index (χ4v) is 3.99. The van der Waals surface area contributed by atoms with E-state index < -0.39 is 17.6 Å². The number of carbonyl (C=O) groups is 2. The van der Waals surface area contributed by atoms with Crippen LogP contribution in [0.25, 0.3) is 5.57 Å². The number of aryl methyl sites for hydroxylation is 2. The molecule has 168 valence electrons. The molecule has 0 aliphatic carbocycles. The normalized spacial score (nSPS) is 13.8. The number of unbranched alkanes of at least 4 members (excludes halogenated alkanes) is 1. The van der Waals surface area contributed by atoms with Crippen molar-refractivity contribution in [1.82, 2.24) is 0 Å². The Bertz CT molecular complexity index is 1230. The Kier molecular flexibility index (Phi) is 6.61. The van der Waals surface area contributed by atoms with Gasteiger partial charge < -0.3 is 5.32 Å². The van der Waals surface area contributed by atoms with Gasteiger partial charge in [-0.3, -0.25) is 9.59 Å². The molecule has 2 amide bonds. The largest absolute Gasteiger partial charge is 0.350 e. The molecule has 0 bridgehead atoms. The molecule has 1 aliphatic rings. The minimum atomic E-state index is -0.472. The molecule has 1 aliphatic heterocycles. The standard InChI is InChI=1S/C27H24ClFN2O2/c1-3-4-5-18-7-14-22(15-8-18)31-26(32)24(19-9-12-21(29)13-10-19)25(27(31)33)30-23-16-20(28)11-6-17(23)2/h6-16,30H,3-5H2,1-2H3. The molecule has 0 saturated heterocycles. The van der Waals surface area contributed by atoms with Crippen molar-refractivity contribution in [2.75, 3.05) is 10.2 Å². The SMILES string of the molecule is CCCCc1ccc(N2C(=O)C(Nc3cc(Cl)ccc3C)=C(c3ccc(F)cc3)C2=O)cc1. The molecule has 3 aromatic rings. The summed E-state index contributed by atoms with van der Waals surface area (Å²) in [6.45, 7) is 4.01. The first-order valence-electron chi connectivity index (χ1n) is 10.9. The Morgan fingerprint density at radius 2 is 1.64 bits per heavy atom. The summed E-state index contributed by atoms with van der Waals surface area (Å²) in [5.74, 6) is -1.36. The number of nitrogens with zero attached hydrogens (tertiary/aromatic N) is 1. The van der Waals surface area contributed by atoms with Gasteiger partial charge in [0.2, 0.25) is 0 Å². The molecule has 4 rings (SSSR count). The minimum Gasteiger partial charge on any atom is -0.350 e. The van der Waals surface area contributed by atoms with Crippen LogP contribution in [0.3, 0.4) is 0 Å². The molecule has 0 spiro atoms. The zero-order chi connectivity index (χ0) is 23.5. The van der Waals surface area contributed by atoms with Crippen molar-refractivity contribution in [3.8, 4) is 0 Å². The van der Waals surface area contributed by atoms with E-state index in [0.29, 0.717) is 22.0 Å². The molecule has 6 heteroatoms. The van der Waals surface area contributed by atoms with Gasteiger partial charge in [-0.15, -0.1) is 0 Å². The van der Waals surface area contributed by atoms with Crippen LogP contribution < -0.4 is 10.2 Å². The number of amides is 2. The predicted molar refractivity (Wildman–Crippen MR) is 131 cm³/mol. The highest BCUT2D eigenvalue weighted by atomic mass is 35.5. The molecule has 3 aromatic carbocycles. The Morgan fingerprint density at radius 3 is 2.30 bits per heavy atom. The number of nitrogens with one attached hydrogen (secondary N) is 1. The van der Waals surface area contributed by atoms with Crippen LogP contribution in [0.5, 0.6) is 0 Å². The van der Waals surface area contributed by atoms with Crippen LogP contribution in [-0.2, 0) is 16.0 Å². The highest BCUT2D eigenvalue weighted by Crippen LogP contribution is 2.35. The Morgan fingerprint density at radius 1 is 0.939 bits per heavy atom. The van der Waals surface area contributed by atoms with E-state index in [0.717, 1.165) is 35.3 Å². The summed E-state index contributed by atoms with van der Waals surface area (Å²) < 4.78 is 13.5. The molecule has 0 unspecified atom stereocenters. The maximum absolute atomic E-state index is 13.5. The van der Waals surface area contributed by atoms with Gasteiger partial charge in [0.25, 0.3) is 11.8 Å². The third kappa shape index (κ3) is 4.69. The smallest absolute Gasteiger partial charge is 0.282 e. The molecule has 0 saturated carbocycles. The van der Waals surface area contributed by atoms with Gasteiger partial charge in [-0.25, -0.2) is 9.29 Å². The van der Waals surface area contributed by atoms with Crippen molar-refractivity contribution in [2.45, 2.75) is 33.1 Å². The van der Waals surface area contributed by atoms with Crippen molar-refractivity contribution in [3.63, 3.8) is 0 Å². The lowest BCUT2D eigenvalue weighted by Gasteiger charge is -2.16. The number of benzene rings is 3. The highest BCUT2D eigenvalue weighted by molar-refractivity contribution is 6.46. The first-order chi connectivity index (χ1) is 15.9. The number of hydrogen-bond acceptors (Lipinski definition) is 3. The van der Waals surface area contributed by atoms with Gasteiger partial charge in [-0.1, -0.05) is 55.3 Å². The van der Waals surface area contributed by atoms with Crippen LogP contribution in [0, 0.1) is 12.7 Å². The third-order valence-corrected chi connectivity index (χ3v) is 5.92. The van der Waals surface area contributed by atoms with Crippen LogP contribution in [-0.4, -0.2) is 11.8 Å². The first kappa shape index (κ1) is 22.7. The molecule has 0 radical (unpaired) electrons. The number of anilines is 2. The fraction of sp³-hybridized carbons (Fsp3) is 0.185. The summed E-state index contributed by atoms with van der Waals surface area (Å²) in [5.41, 5.74) is 3.91. The van der Waals surface area contributed by atoms with Crippen molar-refractivity contribution < 1.29 is 14.0 Å². The summed E-state index contributed by atoms with van der Waals surface area (Å²) >= 11 is 6.15. The van der Waals surface area contributed by atoms with Gasteiger partial charge >= 0.3 is 0 Å². The molecule has 0 aromatic heterocycles. The van der Waals surface area contributed by atoms with Crippen LogP contribution >= 0.6 is 11.6 Å². The Labute approximate surface area is 197 Å². The Balaban J connectivity index is 1.75. The second kappa shape index (κ2) is 9.59. The van der Waals surface area contributed by atoms with Crippen LogP contribution in [0.2, 0.25) is 5.02 Å². The molecule has 1 heterocycles. The third-order valence-electron chi connectivity index (χ3n) is 5.69. The van der Waals surface area contributed by atoms with Gasteiger partial charge in [0.05, 0.1) is 11.3 Å². The van der Waals surface area contributed by atoms with Gasteiger partial charge in [0, 0.05) is 10.7 Å². The molecular weight excluding hydrogens is 439 g/mol. The molecule has 0 fully saturated rings. The van der Waals surface area contributed by atoms with Gasteiger partial charge in [-0.05, 0) is 72.9 Å². The average molecular weight is 463 g/mol. The number of imide groups is 1. The molecule has 0 atom stereocenters. The first-order valence-corrected chi connectivity index (χ1v) is 11.3. The van der Waals surface area contributed by atoms with E-state index in [1.165, 1.54) is 24.3 Å². The lowest BCUT2D eigenvalue weighted by Crippen LogP contribution is -2.32. The van der Waals surface area contributed by atoms with E-state index in [-0.39, 0.29) is 11.3 Å². The van der Waals surface area contributed by atoms with E-state index in [9.17, 15) is 14.0 Å². The van der Waals surface area contributed by atoms with Crippen molar-refractivity contribution >= 4 is 40.4 Å². The van der Waals surface area contributed by atoms with Crippen molar-refractivity contribution in [2.24, 2.45) is 0 Å². The predicted octanol–water partition coefficient (Wildman–Crippen LogP) is 6.53. The van der Waals surface area contributed by atoms with E-state index in [1.54, 1.807) is 24.3 Å². The number of hydrogen-bond donors (Lipinski definition) is 1. The topological polar surface area (TPSA) is 49.4 Å². The second-order valence-electron chi connectivity index (χ2n) is 8.06. The number of carbonyl (C=O) groups excluding carboxylic acids is 2. The Hall–Kier alpha value is -3.44. The van der Waals surface area contributed by atoms with Gasteiger partial charge in [0.15, 0.2) is 0 Å². The van der Waals surface area contributed by atoms with E-state index in [4.69, 9.17) is 11.6 Å². The quantitative estimate of drug-likeness (QED) is 0.406. The van der Waals surface area contributed by atoms with Crippen molar-refractivity contribution in [3.05, 3.63) is 100.0 Å². The molecular formula is C27H24ClFN2O2. The lowest BCUT2D eigenvalue weighted by molar-refractivity contribution is -0.120. The van der Waals surface area contributed by atoms with E-state index in [2.05, 4.69) is 12.2 Å². The maximum atomic E-state index is 13.5. The van der Waals surface area contributed by atoms with E-state index >= 15 is 0 Å². The zero-order valence-corrected chi connectivity index (χ0v) is 19.2. The summed E-state index contributed by atoms with van der Waals surface area (Å²) in [6, 6.07) is 18.3. The fourth-order valence-electron chi connectivity index (χ4n) is 3.82. The summed E-state index contributed by atoms with van der Waals surface area (Å²) in [6.07, 6.45) is 3.11. The highest BCUT2D eigenvalue weighted by Gasteiger charge is 2.40. The lowest BCUT2D eigenvalue weighted by atomic mass is 10.0. The maximum Gasteiger partial charge on any atom is 0.282 e.